The monoisotopic (exact) mass is 192 g/mol. The maximum atomic E-state index is 11.9. The van der Waals surface area contributed by atoms with Gasteiger partial charge in [0.25, 0.3) is 0 Å². The Labute approximate surface area is 84.6 Å². The molecule has 0 unspecified atom stereocenters. The highest BCUT2D eigenvalue weighted by molar-refractivity contribution is 6.01. The summed E-state index contributed by atoms with van der Waals surface area (Å²) in [7, 11) is 0. The molecule has 1 N–H and O–H groups in total. The Kier molecular flexibility index (Phi) is 2.65. The number of rotatable bonds is 1. The molecule has 0 atom stereocenters. The van der Waals surface area contributed by atoms with Crippen LogP contribution in [0, 0.1) is 12.3 Å². The Hall–Kier alpha value is -1.31. The fourth-order valence-corrected chi connectivity index (χ4v) is 1.31. The minimum atomic E-state index is -0.373. The number of phenols is 1. The van der Waals surface area contributed by atoms with Crippen LogP contribution in [0.4, 0.5) is 0 Å². The second kappa shape index (κ2) is 3.45. The van der Waals surface area contributed by atoms with Crippen LogP contribution in [-0.2, 0) is 0 Å². The van der Waals surface area contributed by atoms with Crippen molar-refractivity contribution in [1.29, 1.82) is 0 Å². The van der Waals surface area contributed by atoms with Crippen molar-refractivity contribution in [3.05, 3.63) is 29.3 Å². The number of Topliss-reactive ketones (excluding diaryl/α,β-unsaturated/α-hetero) is 1. The van der Waals surface area contributed by atoms with Gasteiger partial charge in [-0.05, 0) is 30.7 Å². The predicted molar refractivity (Wildman–Crippen MR) is 56.6 cm³/mol. The molecule has 76 valence electrons. The highest BCUT2D eigenvalue weighted by Gasteiger charge is 2.23. The molecule has 0 aliphatic heterocycles. The molecule has 0 amide bonds. The first-order valence-electron chi connectivity index (χ1n) is 4.67. The molecule has 1 aromatic carbocycles. The first kappa shape index (κ1) is 10.8. The van der Waals surface area contributed by atoms with Gasteiger partial charge in [-0.25, -0.2) is 0 Å². The molecule has 1 aromatic rings. The Morgan fingerprint density at radius 3 is 2.29 bits per heavy atom. The lowest BCUT2D eigenvalue weighted by Gasteiger charge is -2.18. The number of benzene rings is 1. The van der Waals surface area contributed by atoms with Gasteiger partial charge in [0.05, 0.1) is 0 Å². The van der Waals surface area contributed by atoms with Crippen molar-refractivity contribution in [2.75, 3.05) is 0 Å². The number of phenolic OH excluding ortho intramolecular Hbond substituents is 1. The van der Waals surface area contributed by atoms with E-state index in [4.69, 9.17) is 0 Å². The molecule has 14 heavy (non-hydrogen) atoms. The van der Waals surface area contributed by atoms with E-state index in [1.807, 2.05) is 27.7 Å². The second-order valence-corrected chi connectivity index (χ2v) is 4.58. The van der Waals surface area contributed by atoms with Gasteiger partial charge in [0.15, 0.2) is 5.78 Å². The van der Waals surface area contributed by atoms with E-state index in [2.05, 4.69) is 0 Å². The summed E-state index contributed by atoms with van der Waals surface area (Å²) in [6, 6.07) is 4.84. The maximum absolute atomic E-state index is 11.9. The van der Waals surface area contributed by atoms with Crippen molar-refractivity contribution in [3.63, 3.8) is 0 Å². The fourth-order valence-electron chi connectivity index (χ4n) is 1.31. The third-order valence-electron chi connectivity index (χ3n) is 2.14. The largest absolute Gasteiger partial charge is 0.508 e. The van der Waals surface area contributed by atoms with Crippen LogP contribution >= 0.6 is 0 Å². The number of ketones is 1. The molecule has 0 heterocycles. The van der Waals surface area contributed by atoms with Crippen molar-refractivity contribution >= 4 is 5.78 Å². The molecule has 2 heteroatoms. The summed E-state index contributed by atoms with van der Waals surface area (Å²) in [6.45, 7) is 7.50. The summed E-state index contributed by atoms with van der Waals surface area (Å²) >= 11 is 0. The number of aromatic hydroxyl groups is 1. The van der Waals surface area contributed by atoms with Crippen molar-refractivity contribution < 1.29 is 9.90 Å². The van der Waals surface area contributed by atoms with Crippen LogP contribution < -0.4 is 0 Å². The average Bonchev–Trinajstić information content (AvgIpc) is 2.01. The van der Waals surface area contributed by atoms with E-state index in [0.717, 1.165) is 5.56 Å². The number of hydrogen-bond donors (Lipinski definition) is 1. The van der Waals surface area contributed by atoms with E-state index < -0.39 is 0 Å². The molecule has 0 bridgehead atoms. The molecule has 0 spiro atoms. The summed E-state index contributed by atoms with van der Waals surface area (Å²) < 4.78 is 0. The zero-order chi connectivity index (χ0) is 10.9. The molecule has 0 fully saturated rings. The topological polar surface area (TPSA) is 37.3 Å². The highest BCUT2D eigenvalue weighted by atomic mass is 16.3. The molecular formula is C12H16O2. The molecule has 0 aliphatic rings. The van der Waals surface area contributed by atoms with Crippen LogP contribution in [0.25, 0.3) is 0 Å². The Morgan fingerprint density at radius 2 is 1.86 bits per heavy atom. The second-order valence-electron chi connectivity index (χ2n) is 4.58. The van der Waals surface area contributed by atoms with Crippen molar-refractivity contribution in [2.24, 2.45) is 5.41 Å². The van der Waals surface area contributed by atoms with Gasteiger partial charge < -0.3 is 5.11 Å². The number of hydrogen-bond acceptors (Lipinski definition) is 2. The van der Waals surface area contributed by atoms with Crippen molar-refractivity contribution in [2.45, 2.75) is 27.7 Å². The van der Waals surface area contributed by atoms with Gasteiger partial charge in [0.2, 0.25) is 0 Å². The Bertz CT molecular complexity index is 359. The smallest absolute Gasteiger partial charge is 0.168 e. The van der Waals surface area contributed by atoms with E-state index in [1.165, 1.54) is 0 Å². The van der Waals surface area contributed by atoms with Crippen LogP contribution in [-0.4, -0.2) is 10.9 Å². The summed E-state index contributed by atoms with van der Waals surface area (Å²) in [4.78, 5) is 11.9. The van der Waals surface area contributed by atoms with Crippen LogP contribution in [0.15, 0.2) is 18.2 Å². The highest BCUT2D eigenvalue weighted by Crippen LogP contribution is 2.24. The molecule has 0 aliphatic carbocycles. The third-order valence-corrected chi connectivity index (χ3v) is 2.14. The van der Waals surface area contributed by atoms with Gasteiger partial charge in [-0.15, -0.1) is 0 Å². The lowest BCUT2D eigenvalue weighted by molar-refractivity contribution is 0.0857. The van der Waals surface area contributed by atoms with Gasteiger partial charge in [0.1, 0.15) is 5.75 Å². The summed E-state index contributed by atoms with van der Waals surface area (Å²) in [5.41, 5.74) is 1.14. The van der Waals surface area contributed by atoms with E-state index >= 15 is 0 Å². The number of carbonyl (C=O) groups is 1. The van der Waals surface area contributed by atoms with Crippen LogP contribution in [0.1, 0.15) is 36.7 Å². The quantitative estimate of drug-likeness (QED) is 0.694. The first-order chi connectivity index (χ1) is 6.32. The lowest BCUT2D eigenvalue weighted by atomic mass is 9.85. The molecule has 0 aromatic heterocycles. The third kappa shape index (κ3) is 2.13. The fraction of sp³-hybridized carbons (Fsp3) is 0.417. The van der Waals surface area contributed by atoms with Gasteiger partial charge >= 0.3 is 0 Å². The first-order valence-corrected chi connectivity index (χ1v) is 4.67. The summed E-state index contributed by atoms with van der Waals surface area (Å²) in [5.74, 6) is 0.308. The maximum Gasteiger partial charge on any atom is 0.168 e. The average molecular weight is 192 g/mol. The molecule has 2 nitrogen and oxygen atoms in total. The van der Waals surface area contributed by atoms with Gasteiger partial charge in [-0.3, -0.25) is 4.79 Å². The van der Waals surface area contributed by atoms with Crippen molar-refractivity contribution in [1.82, 2.24) is 0 Å². The van der Waals surface area contributed by atoms with Gasteiger partial charge in [-0.1, -0.05) is 20.8 Å². The SMILES string of the molecule is Cc1cc(O)ccc1C(=O)C(C)(C)C. The molecular weight excluding hydrogens is 176 g/mol. The molecule has 0 saturated carbocycles. The summed E-state index contributed by atoms with van der Waals surface area (Å²) in [5, 5.41) is 9.21. The predicted octanol–water partition coefficient (Wildman–Crippen LogP) is 2.93. The zero-order valence-electron chi connectivity index (χ0n) is 9.09. The minimum Gasteiger partial charge on any atom is -0.508 e. The van der Waals surface area contributed by atoms with E-state index in [0.29, 0.717) is 5.56 Å². The summed E-state index contributed by atoms with van der Waals surface area (Å²) in [6.07, 6.45) is 0. The van der Waals surface area contributed by atoms with Crippen LogP contribution in [0.3, 0.4) is 0 Å². The number of aryl methyl sites for hydroxylation is 1. The Balaban J connectivity index is 3.15. The van der Waals surface area contributed by atoms with Crippen LogP contribution in [0.5, 0.6) is 5.75 Å². The minimum absolute atomic E-state index is 0.106. The van der Waals surface area contributed by atoms with E-state index in [-0.39, 0.29) is 16.9 Å². The number of carbonyl (C=O) groups excluding carboxylic acids is 1. The van der Waals surface area contributed by atoms with Gasteiger partial charge in [-0.2, -0.15) is 0 Å². The van der Waals surface area contributed by atoms with E-state index in [1.54, 1.807) is 18.2 Å². The Morgan fingerprint density at radius 1 is 1.29 bits per heavy atom. The molecule has 0 saturated heterocycles. The molecule has 1 rings (SSSR count). The van der Waals surface area contributed by atoms with Gasteiger partial charge in [0, 0.05) is 11.0 Å². The standard InChI is InChI=1S/C12H16O2/c1-8-7-9(13)5-6-10(8)11(14)12(2,3)4/h5-7,13H,1-4H3. The zero-order valence-corrected chi connectivity index (χ0v) is 9.09. The van der Waals surface area contributed by atoms with Crippen LogP contribution in [0.2, 0.25) is 0 Å². The molecule has 0 radical (unpaired) electrons. The van der Waals surface area contributed by atoms with E-state index in [9.17, 15) is 9.90 Å². The van der Waals surface area contributed by atoms with Crippen molar-refractivity contribution in [3.8, 4) is 5.75 Å². The lowest BCUT2D eigenvalue weighted by Crippen LogP contribution is -2.20. The normalized spacial score (nSPS) is 11.4.